The molecule has 1 atom stereocenters. The van der Waals surface area contributed by atoms with Crippen LogP contribution >= 0.6 is 0 Å². The van der Waals surface area contributed by atoms with E-state index < -0.39 is 0 Å². The molecule has 1 aliphatic heterocycles. The van der Waals surface area contributed by atoms with Crippen LogP contribution in [0.25, 0.3) is 0 Å². The summed E-state index contributed by atoms with van der Waals surface area (Å²) in [6.45, 7) is 10.3. The predicted octanol–water partition coefficient (Wildman–Crippen LogP) is 3.05. The molecule has 1 unspecified atom stereocenters. The summed E-state index contributed by atoms with van der Waals surface area (Å²) in [5, 5.41) is 13.0. The van der Waals surface area contributed by atoms with Crippen LogP contribution in [0.15, 0.2) is 0 Å². The minimum atomic E-state index is 0.390. The molecule has 0 bridgehead atoms. The monoisotopic (exact) mass is 334 g/mol. The van der Waals surface area contributed by atoms with Crippen LogP contribution in [0, 0.1) is 0 Å². The standard InChI is InChI=1S/C18H34N6/c1-3-5-11-17(23-14-12-22(4-2)13-15-23)18-19-20-21-24(18)16-9-7-6-8-10-16/h16-17H,3-15H2,1-2H3. The molecular formula is C18H34N6. The molecule has 6 nitrogen and oxygen atoms in total. The quantitative estimate of drug-likeness (QED) is 0.767. The average Bonchev–Trinajstić information content (AvgIpc) is 3.13. The van der Waals surface area contributed by atoms with Gasteiger partial charge < -0.3 is 4.90 Å². The fourth-order valence-corrected chi connectivity index (χ4v) is 4.27. The first-order valence-corrected chi connectivity index (χ1v) is 10.1. The van der Waals surface area contributed by atoms with Crippen LogP contribution < -0.4 is 0 Å². The van der Waals surface area contributed by atoms with E-state index in [2.05, 4.69) is 43.9 Å². The number of nitrogens with zero attached hydrogens (tertiary/aromatic N) is 6. The van der Waals surface area contributed by atoms with E-state index in [9.17, 15) is 0 Å². The molecule has 1 aromatic heterocycles. The van der Waals surface area contributed by atoms with E-state index in [1.54, 1.807) is 0 Å². The van der Waals surface area contributed by atoms with Crippen molar-refractivity contribution >= 4 is 0 Å². The molecule has 24 heavy (non-hydrogen) atoms. The Morgan fingerprint density at radius 1 is 1.04 bits per heavy atom. The Labute approximate surface area is 146 Å². The first kappa shape index (κ1) is 17.8. The van der Waals surface area contributed by atoms with Crippen LogP contribution in [0.4, 0.5) is 0 Å². The number of tetrazole rings is 1. The van der Waals surface area contributed by atoms with Gasteiger partial charge in [-0.05, 0) is 36.2 Å². The summed E-state index contributed by atoms with van der Waals surface area (Å²) >= 11 is 0. The van der Waals surface area contributed by atoms with Gasteiger partial charge in [0, 0.05) is 26.2 Å². The van der Waals surface area contributed by atoms with E-state index in [0.717, 1.165) is 25.5 Å². The minimum Gasteiger partial charge on any atom is -0.301 e. The lowest BCUT2D eigenvalue weighted by molar-refractivity contribution is 0.0863. The number of hydrogen-bond acceptors (Lipinski definition) is 5. The number of likely N-dealkylation sites (N-methyl/N-ethyl adjacent to an activating group) is 1. The lowest BCUT2D eigenvalue weighted by Gasteiger charge is -2.39. The number of unbranched alkanes of at least 4 members (excludes halogenated alkanes) is 1. The van der Waals surface area contributed by atoms with Gasteiger partial charge in [-0.25, -0.2) is 4.68 Å². The zero-order valence-corrected chi connectivity index (χ0v) is 15.5. The first-order chi connectivity index (χ1) is 11.8. The van der Waals surface area contributed by atoms with Crippen molar-refractivity contribution < 1.29 is 0 Å². The fourth-order valence-electron chi connectivity index (χ4n) is 4.27. The molecule has 1 saturated carbocycles. The highest BCUT2D eigenvalue weighted by Gasteiger charge is 2.30. The average molecular weight is 335 g/mol. The maximum atomic E-state index is 4.51. The summed E-state index contributed by atoms with van der Waals surface area (Å²) in [5.74, 6) is 1.13. The Hall–Kier alpha value is -1.01. The van der Waals surface area contributed by atoms with Crippen molar-refractivity contribution in [2.24, 2.45) is 0 Å². The molecule has 3 rings (SSSR count). The fraction of sp³-hybridized carbons (Fsp3) is 0.944. The molecule has 6 heteroatoms. The van der Waals surface area contributed by atoms with Gasteiger partial charge in [0.1, 0.15) is 0 Å². The third-order valence-electron chi connectivity index (χ3n) is 5.86. The van der Waals surface area contributed by atoms with Crippen LogP contribution in [0.3, 0.4) is 0 Å². The zero-order valence-electron chi connectivity index (χ0n) is 15.5. The van der Waals surface area contributed by atoms with E-state index in [0.29, 0.717) is 12.1 Å². The van der Waals surface area contributed by atoms with Gasteiger partial charge in [-0.15, -0.1) is 5.10 Å². The summed E-state index contributed by atoms with van der Waals surface area (Å²) in [6, 6.07) is 0.908. The molecule has 1 saturated heterocycles. The first-order valence-electron chi connectivity index (χ1n) is 10.1. The molecule has 1 aromatic rings. The smallest absolute Gasteiger partial charge is 0.168 e. The van der Waals surface area contributed by atoms with Gasteiger partial charge in [0.25, 0.3) is 0 Å². The largest absolute Gasteiger partial charge is 0.301 e. The summed E-state index contributed by atoms with van der Waals surface area (Å²) in [5.41, 5.74) is 0. The van der Waals surface area contributed by atoms with E-state index in [1.807, 2.05) is 0 Å². The highest BCUT2D eigenvalue weighted by atomic mass is 15.6. The number of aromatic nitrogens is 4. The van der Waals surface area contributed by atoms with Gasteiger partial charge in [0.2, 0.25) is 0 Å². The van der Waals surface area contributed by atoms with E-state index in [1.165, 1.54) is 64.5 Å². The SMILES string of the molecule is CCCCC(c1nnnn1C1CCCCC1)N1CCN(CC)CC1. The third-order valence-corrected chi connectivity index (χ3v) is 5.86. The Balaban J connectivity index is 1.75. The van der Waals surface area contributed by atoms with E-state index in [-0.39, 0.29) is 0 Å². The van der Waals surface area contributed by atoms with Crippen molar-refractivity contribution in [2.45, 2.75) is 77.3 Å². The second kappa shape index (κ2) is 8.90. The van der Waals surface area contributed by atoms with Crippen molar-refractivity contribution in [3.05, 3.63) is 5.82 Å². The van der Waals surface area contributed by atoms with Gasteiger partial charge >= 0.3 is 0 Å². The minimum absolute atomic E-state index is 0.390. The van der Waals surface area contributed by atoms with Gasteiger partial charge in [-0.2, -0.15) is 0 Å². The lowest BCUT2D eigenvalue weighted by atomic mass is 9.95. The van der Waals surface area contributed by atoms with Crippen LogP contribution in [0.5, 0.6) is 0 Å². The van der Waals surface area contributed by atoms with Crippen molar-refractivity contribution in [3.63, 3.8) is 0 Å². The van der Waals surface area contributed by atoms with Crippen LogP contribution in [0.2, 0.25) is 0 Å². The molecule has 2 heterocycles. The second-order valence-corrected chi connectivity index (χ2v) is 7.40. The second-order valence-electron chi connectivity index (χ2n) is 7.40. The van der Waals surface area contributed by atoms with Crippen molar-refractivity contribution in [3.8, 4) is 0 Å². The lowest BCUT2D eigenvalue weighted by Crippen LogP contribution is -2.48. The molecular weight excluding hydrogens is 300 g/mol. The zero-order chi connectivity index (χ0) is 16.8. The van der Waals surface area contributed by atoms with Gasteiger partial charge in [-0.3, -0.25) is 4.90 Å². The van der Waals surface area contributed by atoms with Crippen molar-refractivity contribution in [1.29, 1.82) is 0 Å². The summed E-state index contributed by atoms with van der Waals surface area (Å²) in [6.07, 6.45) is 10.1. The Morgan fingerprint density at radius 3 is 2.46 bits per heavy atom. The summed E-state index contributed by atoms with van der Waals surface area (Å²) in [7, 11) is 0. The molecule has 0 radical (unpaired) electrons. The number of rotatable bonds is 7. The molecule has 136 valence electrons. The summed E-state index contributed by atoms with van der Waals surface area (Å²) in [4.78, 5) is 5.17. The van der Waals surface area contributed by atoms with E-state index in [4.69, 9.17) is 0 Å². The van der Waals surface area contributed by atoms with Crippen LogP contribution in [-0.4, -0.2) is 62.7 Å². The van der Waals surface area contributed by atoms with Crippen LogP contribution in [-0.2, 0) is 0 Å². The van der Waals surface area contributed by atoms with Gasteiger partial charge in [-0.1, -0.05) is 46.0 Å². The third kappa shape index (κ3) is 4.14. The Kier molecular flexibility index (Phi) is 6.60. The predicted molar refractivity (Wildman–Crippen MR) is 95.9 cm³/mol. The Bertz CT molecular complexity index is 474. The number of hydrogen-bond donors (Lipinski definition) is 0. The van der Waals surface area contributed by atoms with Crippen molar-refractivity contribution in [2.75, 3.05) is 32.7 Å². The number of piperazine rings is 1. The molecule has 0 N–H and O–H groups in total. The van der Waals surface area contributed by atoms with Gasteiger partial charge in [0.15, 0.2) is 5.82 Å². The molecule has 0 amide bonds. The maximum Gasteiger partial charge on any atom is 0.168 e. The molecule has 0 aromatic carbocycles. The van der Waals surface area contributed by atoms with Crippen molar-refractivity contribution in [1.82, 2.24) is 30.0 Å². The highest BCUT2D eigenvalue weighted by Crippen LogP contribution is 2.32. The maximum absolute atomic E-state index is 4.51. The normalized spacial score (nSPS) is 22.8. The van der Waals surface area contributed by atoms with Gasteiger partial charge in [0.05, 0.1) is 12.1 Å². The molecule has 0 spiro atoms. The molecule has 2 fully saturated rings. The van der Waals surface area contributed by atoms with E-state index >= 15 is 0 Å². The molecule has 2 aliphatic rings. The van der Waals surface area contributed by atoms with Crippen LogP contribution in [0.1, 0.15) is 83.1 Å². The summed E-state index contributed by atoms with van der Waals surface area (Å²) < 4.78 is 2.19. The highest BCUT2D eigenvalue weighted by molar-refractivity contribution is 4.97. The molecule has 1 aliphatic carbocycles. The Morgan fingerprint density at radius 2 is 1.79 bits per heavy atom. The topological polar surface area (TPSA) is 50.1 Å².